The molecule has 0 aromatic heterocycles. The van der Waals surface area contributed by atoms with Crippen LogP contribution < -0.4 is 0 Å². The summed E-state index contributed by atoms with van der Waals surface area (Å²) in [6.45, 7) is 6.15. The van der Waals surface area contributed by atoms with E-state index in [1.54, 1.807) is 31.4 Å². The van der Waals surface area contributed by atoms with E-state index in [1.165, 1.54) is 25.7 Å². The molecule has 0 aliphatic heterocycles. The van der Waals surface area contributed by atoms with Crippen LogP contribution in [0.2, 0.25) is 0 Å². The molecule has 1 atom stereocenters. The lowest BCUT2D eigenvalue weighted by Crippen LogP contribution is -2.31. The van der Waals surface area contributed by atoms with Crippen molar-refractivity contribution in [3.8, 4) is 11.1 Å². The van der Waals surface area contributed by atoms with E-state index in [0.717, 1.165) is 37.0 Å². The Morgan fingerprint density at radius 1 is 0.706 bits per heavy atom. The third-order valence-electron chi connectivity index (χ3n) is 6.45. The summed E-state index contributed by atoms with van der Waals surface area (Å²) in [5.74, 6) is 0.0463. The fourth-order valence-electron chi connectivity index (χ4n) is 4.22. The molecule has 0 heterocycles. The van der Waals surface area contributed by atoms with E-state index < -0.39 is 29.1 Å². The SMILES string of the molecule is CCCCCCCCC(c1ccc(-c2cc(C(F)(F)F)cc(C(F)(F)F)c2)cc1)C(C)(C)OC. The molecule has 0 saturated carbocycles. The maximum absolute atomic E-state index is 13.2. The Labute approximate surface area is 198 Å². The molecule has 2 rings (SSSR count). The lowest BCUT2D eigenvalue weighted by molar-refractivity contribution is -0.143. The molecule has 0 radical (unpaired) electrons. The molecule has 190 valence electrons. The molecule has 0 N–H and O–H groups in total. The van der Waals surface area contributed by atoms with E-state index >= 15 is 0 Å². The number of hydrogen-bond donors (Lipinski definition) is 0. The zero-order chi connectivity index (χ0) is 25.6. The van der Waals surface area contributed by atoms with Crippen LogP contribution in [0.1, 0.15) is 88.3 Å². The van der Waals surface area contributed by atoms with Crippen LogP contribution in [0, 0.1) is 0 Å². The minimum absolute atomic E-state index is 0.0463. The summed E-state index contributed by atoms with van der Waals surface area (Å²) >= 11 is 0. The molecule has 1 unspecified atom stereocenters. The highest BCUT2D eigenvalue weighted by Crippen LogP contribution is 2.40. The molecule has 0 aliphatic rings. The van der Waals surface area contributed by atoms with Crippen molar-refractivity contribution in [3.63, 3.8) is 0 Å². The Kier molecular flexibility index (Phi) is 9.63. The number of alkyl halides is 6. The monoisotopic (exact) mass is 488 g/mol. The molecule has 2 aromatic rings. The van der Waals surface area contributed by atoms with Crippen LogP contribution in [0.5, 0.6) is 0 Å². The van der Waals surface area contributed by atoms with Gasteiger partial charge in [-0.1, -0.05) is 69.7 Å². The molecule has 0 amide bonds. The summed E-state index contributed by atoms with van der Waals surface area (Å²) in [6.07, 6.45) is -1.95. The lowest BCUT2D eigenvalue weighted by atomic mass is 9.80. The van der Waals surface area contributed by atoms with E-state index in [0.29, 0.717) is 5.56 Å². The second-order valence-corrected chi connectivity index (χ2v) is 9.33. The highest BCUT2D eigenvalue weighted by atomic mass is 19.4. The summed E-state index contributed by atoms with van der Waals surface area (Å²) in [5, 5.41) is 0. The van der Waals surface area contributed by atoms with E-state index in [4.69, 9.17) is 4.74 Å². The second-order valence-electron chi connectivity index (χ2n) is 9.33. The fraction of sp³-hybridized carbons (Fsp3) is 0.556. The van der Waals surface area contributed by atoms with Gasteiger partial charge in [0, 0.05) is 13.0 Å². The Morgan fingerprint density at radius 3 is 1.68 bits per heavy atom. The zero-order valence-corrected chi connectivity index (χ0v) is 20.2. The predicted molar refractivity (Wildman–Crippen MR) is 124 cm³/mol. The van der Waals surface area contributed by atoms with Crippen molar-refractivity contribution >= 4 is 0 Å². The first-order valence-corrected chi connectivity index (χ1v) is 11.7. The average molecular weight is 489 g/mol. The predicted octanol–water partition coefficient (Wildman–Crippen LogP) is 9.65. The number of rotatable bonds is 11. The van der Waals surface area contributed by atoms with Crippen LogP contribution in [0.3, 0.4) is 0 Å². The van der Waals surface area contributed by atoms with Gasteiger partial charge in [0.15, 0.2) is 0 Å². The number of unbranched alkanes of at least 4 members (excludes halogenated alkanes) is 5. The average Bonchev–Trinajstić information content (AvgIpc) is 2.77. The molecule has 7 heteroatoms. The van der Waals surface area contributed by atoms with Gasteiger partial charge in [-0.2, -0.15) is 26.3 Å². The number of ether oxygens (including phenoxy) is 1. The van der Waals surface area contributed by atoms with Crippen molar-refractivity contribution in [2.45, 2.75) is 89.6 Å². The minimum Gasteiger partial charge on any atom is -0.378 e. The van der Waals surface area contributed by atoms with Crippen LogP contribution in [0.25, 0.3) is 11.1 Å². The van der Waals surface area contributed by atoms with Crippen molar-refractivity contribution in [1.29, 1.82) is 0 Å². The van der Waals surface area contributed by atoms with Crippen molar-refractivity contribution in [2.24, 2.45) is 0 Å². The van der Waals surface area contributed by atoms with Crippen LogP contribution in [-0.2, 0) is 17.1 Å². The number of halogens is 6. The van der Waals surface area contributed by atoms with Gasteiger partial charge in [-0.05, 0) is 55.2 Å². The normalized spacial score (nSPS) is 13.8. The van der Waals surface area contributed by atoms with Crippen LogP contribution >= 0.6 is 0 Å². The maximum atomic E-state index is 13.2. The Balaban J connectivity index is 2.32. The van der Waals surface area contributed by atoms with Gasteiger partial charge in [-0.3, -0.25) is 0 Å². The van der Waals surface area contributed by atoms with E-state index in [9.17, 15) is 26.3 Å². The molecule has 0 fully saturated rings. The highest BCUT2D eigenvalue weighted by molar-refractivity contribution is 5.66. The van der Waals surface area contributed by atoms with Crippen LogP contribution in [-0.4, -0.2) is 12.7 Å². The molecular weight excluding hydrogens is 454 g/mol. The van der Waals surface area contributed by atoms with Gasteiger partial charge < -0.3 is 4.74 Å². The molecular formula is C27H34F6O. The largest absolute Gasteiger partial charge is 0.416 e. The Bertz CT molecular complexity index is 865. The van der Waals surface area contributed by atoms with E-state index in [2.05, 4.69) is 6.92 Å². The van der Waals surface area contributed by atoms with Gasteiger partial charge in [0.05, 0.1) is 16.7 Å². The van der Waals surface area contributed by atoms with Gasteiger partial charge in [0.1, 0.15) is 0 Å². The number of hydrogen-bond acceptors (Lipinski definition) is 1. The van der Waals surface area contributed by atoms with Crippen molar-refractivity contribution in [3.05, 3.63) is 59.2 Å². The first kappa shape index (κ1) is 28.2. The molecule has 1 nitrogen and oxygen atoms in total. The van der Waals surface area contributed by atoms with E-state index in [-0.39, 0.29) is 17.5 Å². The molecule has 0 aliphatic carbocycles. The summed E-state index contributed by atoms with van der Waals surface area (Å²) in [4.78, 5) is 0. The van der Waals surface area contributed by atoms with Crippen molar-refractivity contribution < 1.29 is 31.1 Å². The Hall–Kier alpha value is -2.02. The zero-order valence-electron chi connectivity index (χ0n) is 20.2. The second kappa shape index (κ2) is 11.6. The summed E-state index contributed by atoms with van der Waals surface area (Å²) in [7, 11) is 1.64. The summed E-state index contributed by atoms with van der Waals surface area (Å²) in [5.41, 5.74) is -1.97. The smallest absolute Gasteiger partial charge is 0.378 e. The minimum atomic E-state index is -4.87. The molecule has 0 bridgehead atoms. The summed E-state index contributed by atoms with van der Waals surface area (Å²) < 4.78 is 85.1. The topological polar surface area (TPSA) is 9.23 Å². The molecule has 0 spiro atoms. The van der Waals surface area contributed by atoms with Gasteiger partial charge >= 0.3 is 12.4 Å². The molecule has 2 aromatic carbocycles. The van der Waals surface area contributed by atoms with Crippen LogP contribution in [0.15, 0.2) is 42.5 Å². The number of benzene rings is 2. The molecule has 34 heavy (non-hydrogen) atoms. The van der Waals surface area contributed by atoms with Gasteiger partial charge in [0.25, 0.3) is 0 Å². The van der Waals surface area contributed by atoms with Gasteiger partial charge in [-0.15, -0.1) is 0 Å². The van der Waals surface area contributed by atoms with Crippen molar-refractivity contribution in [1.82, 2.24) is 0 Å². The standard InChI is InChI=1S/C27H34F6O/c1-5-6-7-8-9-10-11-24(25(2,3)34-4)20-14-12-19(13-15-20)21-16-22(26(28,29)30)18-23(17-21)27(31,32)33/h12-18,24H,5-11H2,1-4H3. The van der Waals surface area contributed by atoms with Crippen LogP contribution in [0.4, 0.5) is 26.3 Å². The third kappa shape index (κ3) is 7.76. The van der Waals surface area contributed by atoms with E-state index in [1.807, 2.05) is 13.8 Å². The molecule has 0 saturated heterocycles. The third-order valence-corrected chi connectivity index (χ3v) is 6.45. The summed E-state index contributed by atoms with van der Waals surface area (Å²) in [6, 6.07) is 8.41. The number of methoxy groups -OCH3 is 1. The first-order valence-electron chi connectivity index (χ1n) is 11.7. The first-order chi connectivity index (χ1) is 15.8. The quantitative estimate of drug-likeness (QED) is 0.226. The van der Waals surface area contributed by atoms with Gasteiger partial charge in [0.2, 0.25) is 0 Å². The maximum Gasteiger partial charge on any atom is 0.416 e. The van der Waals surface area contributed by atoms with Gasteiger partial charge in [-0.25, -0.2) is 0 Å². The lowest BCUT2D eigenvalue weighted by Gasteiger charge is -2.34. The fourth-order valence-corrected chi connectivity index (χ4v) is 4.22. The Morgan fingerprint density at radius 2 is 1.21 bits per heavy atom. The van der Waals surface area contributed by atoms with Crippen molar-refractivity contribution in [2.75, 3.05) is 7.11 Å². The highest BCUT2D eigenvalue weighted by Gasteiger charge is 2.37.